The van der Waals surface area contributed by atoms with Gasteiger partial charge in [-0.3, -0.25) is 9.59 Å². The van der Waals surface area contributed by atoms with Crippen LogP contribution in [-0.4, -0.2) is 70.9 Å². The van der Waals surface area contributed by atoms with E-state index in [1.807, 2.05) is 4.90 Å². The molecule has 3 saturated heterocycles. The third-order valence-electron chi connectivity index (χ3n) is 6.03. The highest BCUT2D eigenvalue weighted by molar-refractivity contribution is 6.04. The Balaban J connectivity index is 1.52. The number of carbonyl (C=O) groups is 2. The average molecular weight is 357 g/mol. The minimum Gasteiger partial charge on any atom is -0.337 e. The highest BCUT2D eigenvalue weighted by atomic mass is 16.2. The smallest absolute Gasteiger partial charge is 0.274 e. The molecule has 7 heteroatoms. The monoisotopic (exact) mass is 357 g/mol. The molecule has 0 aliphatic carbocycles. The molecule has 4 rings (SSSR count). The molecule has 0 saturated carbocycles. The van der Waals surface area contributed by atoms with Crippen molar-refractivity contribution in [1.82, 2.24) is 25.1 Å². The van der Waals surface area contributed by atoms with E-state index in [9.17, 15) is 9.59 Å². The van der Waals surface area contributed by atoms with Crippen LogP contribution in [0.15, 0.2) is 12.4 Å². The average Bonchev–Trinajstić information content (AvgIpc) is 3.11. The minimum absolute atomic E-state index is 0.152. The summed E-state index contributed by atoms with van der Waals surface area (Å²) in [5, 5.41) is 3.46. The molecule has 4 heterocycles. The van der Waals surface area contributed by atoms with Crippen LogP contribution in [0.1, 0.15) is 59.5 Å². The largest absolute Gasteiger partial charge is 0.337 e. The normalized spacial score (nSPS) is 26.3. The molecule has 1 N–H and O–H groups in total. The summed E-state index contributed by atoms with van der Waals surface area (Å²) in [6, 6.07) is 0. The molecule has 3 aliphatic rings. The lowest BCUT2D eigenvalue weighted by Crippen LogP contribution is -2.43. The molecule has 7 nitrogen and oxygen atoms in total. The van der Waals surface area contributed by atoms with Gasteiger partial charge in [-0.05, 0) is 45.1 Å². The molecule has 1 aromatic heterocycles. The second-order valence-corrected chi connectivity index (χ2v) is 7.86. The zero-order valence-electron chi connectivity index (χ0n) is 15.2. The Morgan fingerprint density at radius 1 is 0.885 bits per heavy atom. The SMILES string of the molecule is O=C(c1nccnc1C(=O)N1CCC2(CCCNC2)C1)N1CCCCC1. The van der Waals surface area contributed by atoms with E-state index >= 15 is 0 Å². The van der Waals surface area contributed by atoms with Gasteiger partial charge >= 0.3 is 0 Å². The van der Waals surface area contributed by atoms with Crippen LogP contribution in [0.2, 0.25) is 0 Å². The molecule has 0 aromatic carbocycles. The Labute approximate surface area is 154 Å². The van der Waals surface area contributed by atoms with Gasteiger partial charge in [-0.2, -0.15) is 0 Å². The molecule has 1 spiro atoms. The first-order valence-corrected chi connectivity index (χ1v) is 9.79. The maximum atomic E-state index is 13.1. The number of piperidine rings is 2. The molecule has 140 valence electrons. The summed E-state index contributed by atoms with van der Waals surface area (Å²) in [4.78, 5) is 38.2. The molecular formula is C19H27N5O2. The molecule has 0 radical (unpaired) electrons. The van der Waals surface area contributed by atoms with Crippen molar-refractivity contribution in [2.45, 2.75) is 38.5 Å². The Morgan fingerprint density at radius 3 is 2.23 bits per heavy atom. The predicted octanol–water partition coefficient (Wildman–Crippen LogP) is 1.32. The van der Waals surface area contributed by atoms with Gasteiger partial charge in [0.2, 0.25) is 0 Å². The van der Waals surface area contributed by atoms with Crippen molar-refractivity contribution in [2.75, 3.05) is 39.3 Å². The third kappa shape index (κ3) is 3.32. The van der Waals surface area contributed by atoms with Gasteiger partial charge in [0.15, 0.2) is 11.4 Å². The van der Waals surface area contributed by atoms with Gasteiger partial charge in [0, 0.05) is 50.5 Å². The molecule has 3 aliphatic heterocycles. The first-order valence-electron chi connectivity index (χ1n) is 9.79. The number of hydrogen-bond acceptors (Lipinski definition) is 5. The summed E-state index contributed by atoms with van der Waals surface area (Å²) in [6.45, 7) is 4.98. The molecule has 2 amide bonds. The fourth-order valence-electron chi connectivity index (χ4n) is 4.53. The van der Waals surface area contributed by atoms with Crippen LogP contribution in [0.4, 0.5) is 0 Å². The lowest BCUT2D eigenvalue weighted by Gasteiger charge is -2.33. The number of nitrogens with one attached hydrogen (secondary N) is 1. The van der Waals surface area contributed by atoms with Crippen LogP contribution in [0.3, 0.4) is 0 Å². The standard InChI is InChI=1S/C19H27N5O2/c25-17(23-10-2-1-3-11-23)15-16(22-9-8-21-15)18(26)24-12-6-19(14-24)5-4-7-20-13-19/h8-9,20H,1-7,10-14H2. The van der Waals surface area contributed by atoms with Crippen LogP contribution >= 0.6 is 0 Å². The lowest BCUT2D eigenvalue weighted by atomic mass is 9.80. The molecule has 26 heavy (non-hydrogen) atoms. The lowest BCUT2D eigenvalue weighted by molar-refractivity contribution is 0.0691. The van der Waals surface area contributed by atoms with E-state index in [0.29, 0.717) is 0 Å². The van der Waals surface area contributed by atoms with Crippen molar-refractivity contribution in [3.63, 3.8) is 0 Å². The highest BCUT2D eigenvalue weighted by Crippen LogP contribution is 2.37. The van der Waals surface area contributed by atoms with Crippen LogP contribution in [0.5, 0.6) is 0 Å². The summed E-state index contributed by atoms with van der Waals surface area (Å²) in [5.74, 6) is -0.310. The van der Waals surface area contributed by atoms with Crippen LogP contribution in [-0.2, 0) is 0 Å². The van der Waals surface area contributed by atoms with Gasteiger partial charge in [-0.1, -0.05) is 0 Å². The van der Waals surface area contributed by atoms with E-state index < -0.39 is 0 Å². The predicted molar refractivity (Wildman–Crippen MR) is 96.8 cm³/mol. The van der Waals surface area contributed by atoms with E-state index in [4.69, 9.17) is 0 Å². The number of rotatable bonds is 2. The molecule has 0 bridgehead atoms. The summed E-state index contributed by atoms with van der Waals surface area (Å²) >= 11 is 0. The second-order valence-electron chi connectivity index (χ2n) is 7.86. The topological polar surface area (TPSA) is 78.4 Å². The van der Waals surface area contributed by atoms with E-state index in [-0.39, 0.29) is 28.6 Å². The van der Waals surface area contributed by atoms with Gasteiger partial charge in [-0.25, -0.2) is 9.97 Å². The number of carbonyl (C=O) groups excluding carboxylic acids is 2. The number of nitrogens with zero attached hydrogens (tertiary/aromatic N) is 4. The van der Waals surface area contributed by atoms with Crippen molar-refractivity contribution in [1.29, 1.82) is 0 Å². The van der Waals surface area contributed by atoms with Crippen molar-refractivity contribution in [3.05, 3.63) is 23.8 Å². The zero-order valence-corrected chi connectivity index (χ0v) is 15.2. The Hall–Kier alpha value is -2.02. The van der Waals surface area contributed by atoms with Crippen molar-refractivity contribution in [3.8, 4) is 0 Å². The molecular weight excluding hydrogens is 330 g/mol. The molecule has 1 unspecified atom stereocenters. The van der Waals surface area contributed by atoms with Gasteiger partial charge in [0.05, 0.1) is 0 Å². The summed E-state index contributed by atoms with van der Waals surface area (Å²) < 4.78 is 0. The maximum absolute atomic E-state index is 13.1. The van der Waals surface area contributed by atoms with E-state index in [1.54, 1.807) is 4.90 Å². The van der Waals surface area contributed by atoms with Gasteiger partial charge in [0.25, 0.3) is 11.8 Å². The quantitative estimate of drug-likeness (QED) is 0.864. The number of aromatic nitrogens is 2. The molecule has 1 aromatic rings. The fourth-order valence-corrected chi connectivity index (χ4v) is 4.53. The van der Waals surface area contributed by atoms with Gasteiger partial charge < -0.3 is 15.1 Å². The Kier molecular flexibility index (Phi) is 4.89. The van der Waals surface area contributed by atoms with Crippen LogP contribution in [0, 0.1) is 5.41 Å². The van der Waals surface area contributed by atoms with Gasteiger partial charge in [0.1, 0.15) is 0 Å². The highest BCUT2D eigenvalue weighted by Gasteiger charge is 2.41. The third-order valence-corrected chi connectivity index (χ3v) is 6.03. The van der Waals surface area contributed by atoms with Crippen molar-refractivity contribution < 1.29 is 9.59 Å². The summed E-state index contributed by atoms with van der Waals surface area (Å²) in [5.41, 5.74) is 0.610. The first kappa shape index (κ1) is 17.4. The van der Waals surface area contributed by atoms with E-state index in [0.717, 1.165) is 77.8 Å². The van der Waals surface area contributed by atoms with Gasteiger partial charge in [-0.15, -0.1) is 0 Å². The van der Waals surface area contributed by atoms with E-state index in [2.05, 4.69) is 15.3 Å². The Bertz CT molecular complexity index is 680. The zero-order chi connectivity index (χ0) is 18.0. The second kappa shape index (κ2) is 7.31. The number of hydrogen-bond donors (Lipinski definition) is 1. The summed E-state index contributed by atoms with van der Waals surface area (Å²) in [7, 11) is 0. The number of likely N-dealkylation sites (tertiary alicyclic amines) is 2. The Morgan fingerprint density at radius 2 is 1.58 bits per heavy atom. The molecule has 3 fully saturated rings. The minimum atomic E-state index is -0.158. The summed E-state index contributed by atoms with van der Waals surface area (Å²) in [6.07, 6.45) is 9.52. The number of amides is 2. The van der Waals surface area contributed by atoms with E-state index in [1.165, 1.54) is 12.4 Å². The van der Waals surface area contributed by atoms with Crippen LogP contribution < -0.4 is 5.32 Å². The van der Waals surface area contributed by atoms with Crippen molar-refractivity contribution >= 4 is 11.8 Å². The van der Waals surface area contributed by atoms with Crippen molar-refractivity contribution in [2.24, 2.45) is 5.41 Å². The fraction of sp³-hybridized carbons (Fsp3) is 0.684. The first-order chi connectivity index (χ1) is 12.7. The maximum Gasteiger partial charge on any atom is 0.274 e. The molecule has 1 atom stereocenters. The van der Waals surface area contributed by atoms with Crippen LogP contribution in [0.25, 0.3) is 0 Å².